The third-order valence-corrected chi connectivity index (χ3v) is 4.74. The number of nitrogens with one attached hydrogen (secondary N) is 1. The first-order chi connectivity index (χ1) is 9.88. The number of benzene rings is 1. The van der Waals surface area contributed by atoms with Gasteiger partial charge in [0.25, 0.3) is 5.91 Å². The van der Waals surface area contributed by atoms with Crippen LogP contribution in [0.4, 0.5) is 4.39 Å². The summed E-state index contributed by atoms with van der Waals surface area (Å²) >= 11 is 0. The van der Waals surface area contributed by atoms with Gasteiger partial charge in [-0.3, -0.25) is 4.79 Å². The summed E-state index contributed by atoms with van der Waals surface area (Å²) in [5.41, 5.74) is -0.172. The Morgan fingerprint density at radius 2 is 2.00 bits per heavy atom. The van der Waals surface area contributed by atoms with Crippen LogP contribution in [0.2, 0.25) is 0 Å². The molecule has 3 N–H and O–H groups in total. The summed E-state index contributed by atoms with van der Waals surface area (Å²) in [5.74, 6) is -0.786. The zero-order chi connectivity index (χ0) is 15.5. The minimum atomic E-state index is -3.97. The standard InChI is InChI=1S/C14H19FN2O3S/c15-13-9-11(21(16,19)20)5-6-12(13)14(18)17-8-7-10-3-1-2-4-10/h5-6,9-10H,1-4,7-8H2,(H,17,18)(H2,16,19,20). The SMILES string of the molecule is NS(=O)(=O)c1ccc(C(=O)NCCC2CCCC2)c(F)c1. The van der Waals surface area contributed by atoms with Crippen LogP contribution >= 0.6 is 0 Å². The van der Waals surface area contributed by atoms with Crippen molar-refractivity contribution in [3.63, 3.8) is 0 Å². The van der Waals surface area contributed by atoms with Crippen molar-refractivity contribution in [2.24, 2.45) is 11.1 Å². The Morgan fingerprint density at radius 3 is 2.57 bits per heavy atom. The second-order valence-electron chi connectivity index (χ2n) is 5.38. The molecular weight excluding hydrogens is 295 g/mol. The predicted molar refractivity (Wildman–Crippen MR) is 76.7 cm³/mol. The molecule has 5 nitrogen and oxygen atoms in total. The zero-order valence-electron chi connectivity index (χ0n) is 11.6. The number of halogens is 1. The van der Waals surface area contributed by atoms with Gasteiger partial charge in [-0.2, -0.15) is 0 Å². The number of hydrogen-bond acceptors (Lipinski definition) is 3. The summed E-state index contributed by atoms with van der Waals surface area (Å²) in [6.45, 7) is 0.500. The number of nitrogens with two attached hydrogens (primary N) is 1. The highest BCUT2D eigenvalue weighted by molar-refractivity contribution is 7.89. The molecule has 0 bridgehead atoms. The lowest BCUT2D eigenvalue weighted by Crippen LogP contribution is -2.26. The van der Waals surface area contributed by atoms with Crippen LogP contribution in [0.5, 0.6) is 0 Å². The first-order valence-corrected chi connectivity index (χ1v) is 8.53. The van der Waals surface area contributed by atoms with Crippen molar-refractivity contribution in [3.05, 3.63) is 29.6 Å². The molecule has 2 rings (SSSR count). The smallest absolute Gasteiger partial charge is 0.254 e. The average Bonchev–Trinajstić information content (AvgIpc) is 2.90. The molecule has 1 aliphatic rings. The van der Waals surface area contributed by atoms with E-state index in [4.69, 9.17) is 5.14 Å². The van der Waals surface area contributed by atoms with Crippen molar-refractivity contribution in [2.45, 2.75) is 37.0 Å². The Balaban J connectivity index is 1.95. The van der Waals surface area contributed by atoms with Crippen LogP contribution in [0.15, 0.2) is 23.1 Å². The highest BCUT2D eigenvalue weighted by Crippen LogP contribution is 2.26. The Labute approximate surface area is 123 Å². The molecule has 0 radical (unpaired) electrons. The molecule has 1 aliphatic carbocycles. The summed E-state index contributed by atoms with van der Waals surface area (Å²) in [4.78, 5) is 11.5. The van der Waals surface area contributed by atoms with Gasteiger partial charge < -0.3 is 5.32 Å². The van der Waals surface area contributed by atoms with E-state index < -0.39 is 21.7 Å². The molecule has 1 aromatic carbocycles. The molecule has 0 atom stereocenters. The Hall–Kier alpha value is -1.47. The number of hydrogen-bond donors (Lipinski definition) is 2. The molecule has 0 aromatic heterocycles. The van der Waals surface area contributed by atoms with E-state index in [2.05, 4.69) is 5.32 Å². The highest BCUT2D eigenvalue weighted by atomic mass is 32.2. The molecule has 116 valence electrons. The van der Waals surface area contributed by atoms with Gasteiger partial charge in [0.2, 0.25) is 10.0 Å². The van der Waals surface area contributed by atoms with Gasteiger partial charge in [-0.15, -0.1) is 0 Å². The monoisotopic (exact) mass is 314 g/mol. The van der Waals surface area contributed by atoms with Gasteiger partial charge in [0, 0.05) is 6.54 Å². The summed E-state index contributed by atoms with van der Waals surface area (Å²) in [5, 5.41) is 7.57. The molecule has 21 heavy (non-hydrogen) atoms. The molecule has 1 fully saturated rings. The van der Waals surface area contributed by atoms with Gasteiger partial charge >= 0.3 is 0 Å². The third-order valence-electron chi connectivity index (χ3n) is 3.83. The van der Waals surface area contributed by atoms with E-state index >= 15 is 0 Å². The Kier molecular flexibility index (Phi) is 4.95. The molecule has 0 saturated heterocycles. The van der Waals surface area contributed by atoms with Gasteiger partial charge in [-0.05, 0) is 30.5 Å². The van der Waals surface area contributed by atoms with Crippen molar-refractivity contribution in [1.29, 1.82) is 0 Å². The van der Waals surface area contributed by atoms with Crippen LogP contribution in [0, 0.1) is 11.7 Å². The largest absolute Gasteiger partial charge is 0.352 e. The number of rotatable bonds is 5. The molecule has 1 amide bonds. The molecule has 1 aromatic rings. The predicted octanol–water partition coefficient (Wildman–Crippen LogP) is 1.78. The number of carbonyl (C=O) groups is 1. The fourth-order valence-corrected chi connectivity index (χ4v) is 3.17. The summed E-state index contributed by atoms with van der Waals surface area (Å²) in [7, 11) is -3.97. The normalized spacial score (nSPS) is 16.1. The minimum Gasteiger partial charge on any atom is -0.352 e. The van der Waals surface area contributed by atoms with Crippen LogP contribution in [0.3, 0.4) is 0 Å². The Bertz CT molecular complexity index is 625. The maximum atomic E-state index is 13.8. The van der Waals surface area contributed by atoms with Crippen molar-refractivity contribution < 1.29 is 17.6 Å². The molecule has 0 heterocycles. The van der Waals surface area contributed by atoms with Crippen LogP contribution in [0.1, 0.15) is 42.5 Å². The van der Waals surface area contributed by atoms with Gasteiger partial charge in [0.05, 0.1) is 10.5 Å². The quantitative estimate of drug-likeness (QED) is 0.868. The fourth-order valence-electron chi connectivity index (χ4n) is 2.64. The summed E-state index contributed by atoms with van der Waals surface area (Å²) in [6.07, 6.45) is 5.74. The maximum absolute atomic E-state index is 13.8. The van der Waals surface area contributed by atoms with E-state index in [1.165, 1.54) is 25.7 Å². The summed E-state index contributed by atoms with van der Waals surface area (Å²) in [6, 6.07) is 3.03. The molecular formula is C14H19FN2O3S. The van der Waals surface area contributed by atoms with Crippen LogP contribution < -0.4 is 10.5 Å². The van der Waals surface area contributed by atoms with E-state index in [0.29, 0.717) is 12.5 Å². The van der Waals surface area contributed by atoms with Crippen molar-refractivity contribution >= 4 is 15.9 Å². The lowest BCUT2D eigenvalue weighted by Gasteiger charge is -2.10. The Morgan fingerprint density at radius 1 is 1.33 bits per heavy atom. The second-order valence-corrected chi connectivity index (χ2v) is 6.94. The first-order valence-electron chi connectivity index (χ1n) is 6.98. The van der Waals surface area contributed by atoms with Gasteiger partial charge in [0.1, 0.15) is 5.82 Å². The molecule has 0 unspecified atom stereocenters. The van der Waals surface area contributed by atoms with Gasteiger partial charge in [-0.1, -0.05) is 25.7 Å². The lowest BCUT2D eigenvalue weighted by atomic mass is 10.0. The molecule has 0 spiro atoms. The second kappa shape index (κ2) is 6.53. The molecule has 7 heteroatoms. The van der Waals surface area contributed by atoms with Crippen LogP contribution in [-0.2, 0) is 10.0 Å². The maximum Gasteiger partial charge on any atom is 0.254 e. The van der Waals surface area contributed by atoms with Crippen molar-refractivity contribution in [1.82, 2.24) is 5.32 Å². The third kappa shape index (κ3) is 4.25. The highest BCUT2D eigenvalue weighted by Gasteiger charge is 2.17. The van der Waals surface area contributed by atoms with Crippen LogP contribution in [-0.4, -0.2) is 20.9 Å². The topological polar surface area (TPSA) is 89.3 Å². The van der Waals surface area contributed by atoms with E-state index in [9.17, 15) is 17.6 Å². The summed E-state index contributed by atoms with van der Waals surface area (Å²) < 4.78 is 36.0. The van der Waals surface area contributed by atoms with Crippen LogP contribution in [0.25, 0.3) is 0 Å². The van der Waals surface area contributed by atoms with Gasteiger partial charge in [-0.25, -0.2) is 17.9 Å². The number of amides is 1. The van der Waals surface area contributed by atoms with Gasteiger partial charge in [0.15, 0.2) is 0 Å². The molecule has 0 aliphatic heterocycles. The first kappa shape index (κ1) is 15.9. The zero-order valence-corrected chi connectivity index (χ0v) is 12.5. The number of carbonyl (C=O) groups excluding carboxylic acids is 1. The number of sulfonamides is 1. The lowest BCUT2D eigenvalue weighted by molar-refractivity contribution is 0.0947. The minimum absolute atomic E-state index is 0.172. The van der Waals surface area contributed by atoms with E-state index in [-0.39, 0.29) is 10.5 Å². The number of primary sulfonamides is 1. The fraction of sp³-hybridized carbons (Fsp3) is 0.500. The van der Waals surface area contributed by atoms with E-state index in [1.54, 1.807) is 0 Å². The average molecular weight is 314 g/mol. The van der Waals surface area contributed by atoms with E-state index in [1.807, 2.05) is 0 Å². The van der Waals surface area contributed by atoms with E-state index in [0.717, 1.165) is 24.6 Å². The van der Waals surface area contributed by atoms with Crippen molar-refractivity contribution in [2.75, 3.05) is 6.54 Å². The molecule has 1 saturated carbocycles. The van der Waals surface area contributed by atoms with Crippen molar-refractivity contribution in [3.8, 4) is 0 Å².